The van der Waals surface area contributed by atoms with E-state index >= 15 is 0 Å². The third kappa shape index (κ3) is 2.09. The summed E-state index contributed by atoms with van der Waals surface area (Å²) in [4.78, 5) is 26.1. The zero-order valence-electron chi connectivity index (χ0n) is 12.2. The molecular weight excluding hydrogens is 292 g/mol. The second kappa shape index (κ2) is 4.98. The van der Waals surface area contributed by atoms with Gasteiger partial charge < -0.3 is 10.2 Å². The van der Waals surface area contributed by atoms with Crippen molar-refractivity contribution in [3.05, 3.63) is 65.9 Å². The van der Waals surface area contributed by atoms with Gasteiger partial charge in [0.25, 0.3) is 5.91 Å². The summed E-state index contributed by atoms with van der Waals surface area (Å²) in [6.07, 6.45) is 0.428. The van der Waals surface area contributed by atoms with Gasteiger partial charge in [0.2, 0.25) is 5.91 Å². The summed E-state index contributed by atoms with van der Waals surface area (Å²) in [5.74, 6) is -0.672. The number of carbonyl (C=O) groups is 2. The number of rotatable bonds is 2. The lowest BCUT2D eigenvalue weighted by Gasteiger charge is -2.22. The minimum Gasteiger partial charge on any atom is -0.451 e. The van der Waals surface area contributed by atoms with Crippen molar-refractivity contribution in [2.24, 2.45) is 5.73 Å². The molecule has 2 N–H and O–H groups in total. The number of furan rings is 1. The van der Waals surface area contributed by atoms with Crippen LogP contribution in [0, 0.1) is 0 Å². The molecule has 0 radical (unpaired) electrons. The Hall–Kier alpha value is -3.08. The number of fused-ring (bicyclic) bond motifs is 2. The third-order valence-corrected chi connectivity index (χ3v) is 4.16. The number of carbonyl (C=O) groups excluding carboxylic acids is 2. The van der Waals surface area contributed by atoms with Crippen molar-refractivity contribution in [2.75, 3.05) is 4.90 Å². The molecule has 1 atom stereocenters. The smallest absolute Gasteiger partial charge is 0.294 e. The Morgan fingerprint density at radius 1 is 1.09 bits per heavy atom. The number of nitrogens with zero attached hydrogens (tertiary/aromatic N) is 1. The van der Waals surface area contributed by atoms with Crippen LogP contribution in [0.1, 0.15) is 16.1 Å². The summed E-state index contributed by atoms with van der Waals surface area (Å²) in [6.45, 7) is 0. The van der Waals surface area contributed by atoms with Crippen molar-refractivity contribution in [1.82, 2.24) is 0 Å². The number of benzene rings is 2. The molecule has 0 unspecified atom stereocenters. The zero-order valence-corrected chi connectivity index (χ0v) is 12.2. The monoisotopic (exact) mass is 306 g/mol. The molecule has 0 saturated carbocycles. The lowest BCUT2D eigenvalue weighted by molar-refractivity contribution is -0.119. The molecule has 5 heteroatoms. The van der Waals surface area contributed by atoms with Crippen LogP contribution in [0.3, 0.4) is 0 Å². The molecule has 3 aromatic rings. The first-order valence-electron chi connectivity index (χ1n) is 7.34. The van der Waals surface area contributed by atoms with E-state index in [1.807, 2.05) is 42.5 Å². The number of hydrogen-bond acceptors (Lipinski definition) is 3. The molecule has 0 aliphatic carbocycles. The fourth-order valence-electron chi connectivity index (χ4n) is 3.07. The minimum atomic E-state index is -0.687. The van der Waals surface area contributed by atoms with Crippen LogP contribution in [-0.4, -0.2) is 17.9 Å². The first-order valence-corrected chi connectivity index (χ1v) is 7.34. The van der Waals surface area contributed by atoms with Crippen molar-refractivity contribution in [2.45, 2.75) is 12.5 Å². The Morgan fingerprint density at radius 2 is 1.83 bits per heavy atom. The second-order valence-electron chi connectivity index (χ2n) is 5.57. The average Bonchev–Trinajstić information content (AvgIpc) is 3.15. The molecule has 1 aliphatic rings. The summed E-state index contributed by atoms with van der Waals surface area (Å²) in [7, 11) is 0. The number of anilines is 1. The Labute approximate surface area is 132 Å². The Kier molecular flexibility index (Phi) is 2.94. The van der Waals surface area contributed by atoms with E-state index in [-0.39, 0.29) is 11.7 Å². The second-order valence-corrected chi connectivity index (χ2v) is 5.57. The summed E-state index contributed by atoms with van der Waals surface area (Å²) in [5.41, 5.74) is 7.77. The van der Waals surface area contributed by atoms with E-state index < -0.39 is 11.9 Å². The van der Waals surface area contributed by atoms with Gasteiger partial charge in [0.15, 0.2) is 5.76 Å². The van der Waals surface area contributed by atoms with Crippen molar-refractivity contribution < 1.29 is 14.0 Å². The van der Waals surface area contributed by atoms with Crippen molar-refractivity contribution in [1.29, 1.82) is 0 Å². The minimum absolute atomic E-state index is 0.203. The van der Waals surface area contributed by atoms with Gasteiger partial charge in [0.05, 0.1) is 0 Å². The first-order chi connectivity index (χ1) is 11.1. The molecule has 0 fully saturated rings. The summed E-state index contributed by atoms with van der Waals surface area (Å²) in [5, 5.41) is 0.846. The number of hydrogen-bond donors (Lipinski definition) is 1. The largest absolute Gasteiger partial charge is 0.451 e. The van der Waals surface area contributed by atoms with Gasteiger partial charge in [-0.3, -0.25) is 14.5 Å². The van der Waals surface area contributed by atoms with Crippen LogP contribution in [0.25, 0.3) is 11.0 Å². The van der Waals surface area contributed by atoms with Gasteiger partial charge in [0.1, 0.15) is 11.6 Å². The zero-order chi connectivity index (χ0) is 16.0. The van der Waals surface area contributed by atoms with Crippen LogP contribution in [-0.2, 0) is 11.2 Å². The average molecular weight is 306 g/mol. The fourth-order valence-corrected chi connectivity index (χ4v) is 3.07. The fraction of sp³-hybridized carbons (Fsp3) is 0.111. The molecule has 0 bridgehead atoms. The van der Waals surface area contributed by atoms with Gasteiger partial charge in [-0.25, -0.2) is 0 Å². The van der Waals surface area contributed by atoms with Crippen LogP contribution in [0.15, 0.2) is 59.0 Å². The highest BCUT2D eigenvalue weighted by atomic mass is 16.3. The van der Waals surface area contributed by atoms with Crippen molar-refractivity contribution in [3.8, 4) is 0 Å². The standard InChI is InChI=1S/C18H14N2O3/c19-17(21)14-9-11-5-1-3-7-13(11)20(14)18(22)16-10-12-6-2-4-8-15(12)23-16/h1-8,10,14H,9H2,(H2,19,21)/t14-/m0/s1. The number of para-hydroxylation sites is 2. The molecule has 0 spiro atoms. The molecule has 1 aliphatic heterocycles. The van der Waals surface area contributed by atoms with Crippen LogP contribution >= 0.6 is 0 Å². The van der Waals surface area contributed by atoms with E-state index in [0.717, 1.165) is 10.9 Å². The van der Waals surface area contributed by atoms with Crippen molar-refractivity contribution in [3.63, 3.8) is 0 Å². The van der Waals surface area contributed by atoms with Crippen molar-refractivity contribution >= 4 is 28.5 Å². The van der Waals surface area contributed by atoms with Crippen LogP contribution in [0.2, 0.25) is 0 Å². The molecule has 1 aromatic heterocycles. The SMILES string of the molecule is NC(=O)[C@@H]1Cc2ccccc2N1C(=O)c1cc2ccccc2o1. The normalized spacial score (nSPS) is 16.5. The quantitative estimate of drug-likeness (QED) is 0.790. The van der Waals surface area contributed by atoms with E-state index in [9.17, 15) is 9.59 Å². The Morgan fingerprint density at radius 3 is 2.61 bits per heavy atom. The van der Waals surface area contributed by atoms with E-state index in [2.05, 4.69) is 0 Å². The van der Waals surface area contributed by atoms with E-state index in [1.54, 1.807) is 12.1 Å². The lowest BCUT2D eigenvalue weighted by Crippen LogP contribution is -2.46. The molecule has 0 saturated heterocycles. The molecule has 2 amide bonds. The number of amides is 2. The predicted molar refractivity (Wildman–Crippen MR) is 86.2 cm³/mol. The summed E-state index contributed by atoms with van der Waals surface area (Å²) < 4.78 is 5.64. The van der Waals surface area contributed by atoms with Gasteiger partial charge in [-0.15, -0.1) is 0 Å². The van der Waals surface area contributed by atoms with E-state index in [4.69, 9.17) is 10.2 Å². The van der Waals surface area contributed by atoms with Gasteiger partial charge in [0, 0.05) is 17.5 Å². The number of nitrogens with two attached hydrogens (primary N) is 1. The van der Waals surface area contributed by atoms with Crippen LogP contribution < -0.4 is 10.6 Å². The van der Waals surface area contributed by atoms with E-state index in [1.165, 1.54) is 4.90 Å². The van der Waals surface area contributed by atoms with Crippen LogP contribution in [0.5, 0.6) is 0 Å². The predicted octanol–water partition coefficient (Wildman–Crippen LogP) is 2.49. The lowest BCUT2D eigenvalue weighted by atomic mass is 10.1. The molecule has 114 valence electrons. The van der Waals surface area contributed by atoms with Gasteiger partial charge in [-0.2, -0.15) is 0 Å². The molecule has 4 rings (SSSR count). The highest BCUT2D eigenvalue weighted by Crippen LogP contribution is 2.34. The maximum absolute atomic E-state index is 12.9. The third-order valence-electron chi connectivity index (χ3n) is 4.16. The van der Waals surface area contributed by atoms with Gasteiger partial charge in [-0.05, 0) is 23.8 Å². The molecule has 5 nitrogen and oxygen atoms in total. The molecule has 2 heterocycles. The number of primary amides is 1. The van der Waals surface area contributed by atoms with Gasteiger partial charge in [-0.1, -0.05) is 36.4 Å². The van der Waals surface area contributed by atoms with Gasteiger partial charge >= 0.3 is 0 Å². The highest BCUT2D eigenvalue weighted by molar-refractivity contribution is 6.11. The highest BCUT2D eigenvalue weighted by Gasteiger charge is 2.38. The van der Waals surface area contributed by atoms with Crippen LogP contribution in [0.4, 0.5) is 5.69 Å². The topological polar surface area (TPSA) is 76.5 Å². The van der Waals surface area contributed by atoms with E-state index in [0.29, 0.717) is 17.7 Å². The summed E-state index contributed by atoms with van der Waals surface area (Å²) >= 11 is 0. The Balaban J connectivity index is 1.80. The first kappa shape index (κ1) is 13.6. The molecule has 2 aromatic carbocycles. The molecular formula is C18H14N2O3. The Bertz CT molecular complexity index is 896. The summed E-state index contributed by atoms with van der Waals surface area (Å²) in [6, 6.07) is 15.8. The maximum atomic E-state index is 12.9. The molecule has 23 heavy (non-hydrogen) atoms. The maximum Gasteiger partial charge on any atom is 0.294 e.